The lowest BCUT2D eigenvalue weighted by atomic mass is 9.94. The third-order valence-corrected chi connectivity index (χ3v) is 5.85. The highest BCUT2D eigenvalue weighted by molar-refractivity contribution is 6.08. The molecule has 1 atom stereocenters. The van der Waals surface area contributed by atoms with Gasteiger partial charge < -0.3 is 9.64 Å². The normalized spacial score (nSPS) is 13.7. The number of nitrogens with zero attached hydrogens (tertiary/aromatic N) is 2. The number of hydrogen-bond acceptors (Lipinski definition) is 2. The van der Waals surface area contributed by atoms with Crippen LogP contribution in [-0.2, 0) is 0 Å². The lowest BCUT2D eigenvalue weighted by Gasteiger charge is -2.33. The Morgan fingerprint density at radius 2 is 2.00 bits per heavy atom. The van der Waals surface area contributed by atoms with E-state index in [1.165, 1.54) is 6.07 Å². The van der Waals surface area contributed by atoms with Gasteiger partial charge in [-0.3, -0.25) is 0 Å². The number of ether oxygens (including phenoxy) is 1. The smallest absolute Gasteiger partial charge is 0.267 e. The van der Waals surface area contributed by atoms with Gasteiger partial charge in [0.2, 0.25) is 0 Å². The van der Waals surface area contributed by atoms with Gasteiger partial charge in [-0.05, 0) is 51.3 Å². The molecular formula is C18H30F2N2OSi. The maximum atomic E-state index is 13.5. The first kappa shape index (κ1) is 20.6. The average molecular weight is 357 g/mol. The quantitative estimate of drug-likeness (QED) is 0.398. The van der Waals surface area contributed by atoms with E-state index in [4.69, 9.17) is 4.74 Å². The van der Waals surface area contributed by atoms with Crippen molar-refractivity contribution in [2.45, 2.75) is 52.7 Å². The monoisotopic (exact) mass is 356 g/mol. The van der Waals surface area contributed by atoms with Crippen molar-refractivity contribution >= 4 is 22.3 Å². The van der Waals surface area contributed by atoms with Gasteiger partial charge in [-0.15, -0.1) is 0 Å². The Kier molecular flexibility index (Phi) is 7.39. The zero-order valence-corrected chi connectivity index (χ0v) is 17.9. The van der Waals surface area contributed by atoms with Crippen LogP contribution in [0.1, 0.15) is 45.2 Å². The minimum Gasteiger partial charge on any atom is -0.487 e. The van der Waals surface area contributed by atoms with E-state index in [-0.39, 0.29) is 11.3 Å². The molecule has 3 nitrogen and oxygen atoms in total. The molecule has 0 aliphatic carbocycles. The van der Waals surface area contributed by atoms with Crippen molar-refractivity contribution in [3.05, 3.63) is 23.3 Å². The molecule has 1 unspecified atom stereocenters. The van der Waals surface area contributed by atoms with Gasteiger partial charge >= 0.3 is 0 Å². The average Bonchev–Trinajstić information content (AvgIpc) is 2.51. The topological polar surface area (TPSA) is 24.8 Å². The predicted octanol–water partition coefficient (Wildman–Crippen LogP) is 4.12. The van der Waals surface area contributed by atoms with Gasteiger partial charge in [0.1, 0.15) is 11.4 Å². The van der Waals surface area contributed by atoms with Crippen LogP contribution >= 0.6 is 0 Å². The molecule has 0 saturated carbocycles. The first-order valence-electron chi connectivity index (χ1n) is 8.48. The van der Waals surface area contributed by atoms with Crippen LogP contribution in [-0.4, -0.2) is 40.7 Å². The number of rotatable bonds is 8. The van der Waals surface area contributed by atoms with Gasteiger partial charge in [0.15, 0.2) is 0 Å². The van der Waals surface area contributed by atoms with E-state index in [0.29, 0.717) is 11.6 Å². The summed E-state index contributed by atoms with van der Waals surface area (Å²) >= 11 is 0. The summed E-state index contributed by atoms with van der Waals surface area (Å²) in [6, 6.07) is 4.18. The van der Waals surface area contributed by atoms with E-state index in [1.54, 1.807) is 12.4 Å². The highest BCUT2D eigenvalue weighted by atomic mass is 28.1. The summed E-state index contributed by atoms with van der Waals surface area (Å²) in [6.45, 7) is 10.7. The Morgan fingerprint density at radius 1 is 1.38 bits per heavy atom. The fraction of sp³-hybridized carbons (Fsp3) is 0.611. The summed E-state index contributed by atoms with van der Waals surface area (Å²) in [4.78, 5) is 6.22. The largest absolute Gasteiger partial charge is 0.487 e. The summed E-state index contributed by atoms with van der Waals surface area (Å²) in [5.41, 5.74) is 0.794. The van der Waals surface area contributed by atoms with Crippen LogP contribution < -0.4 is 4.74 Å². The van der Waals surface area contributed by atoms with Crippen molar-refractivity contribution in [1.82, 2.24) is 4.90 Å². The molecule has 0 amide bonds. The molecule has 6 heteroatoms. The third kappa shape index (κ3) is 5.29. The third-order valence-electron chi connectivity index (χ3n) is 4.63. The molecule has 1 aromatic rings. The molecule has 0 spiro atoms. The van der Waals surface area contributed by atoms with Crippen molar-refractivity contribution in [3.8, 4) is 5.75 Å². The van der Waals surface area contributed by atoms with E-state index in [1.807, 2.05) is 39.6 Å². The molecule has 0 bridgehead atoms. The van der Waals surface area contributed by atoms with Gasteiger partial charge in [-0.2, -0.15) is 0 Å². The Hall–Kier alpha value is -1.43. The van der Waals surface area contributed by atoms with Crippen LogP contribution in [0.5, 0.6) is 5.75 Å². The second-order valence-corrected chi connectivity index (χ2v) is 7.63. The number of hydrogen-bond donors (Lipinski definition) is 0. The highest BCUT2D eigenvalue weighted by Crippen LogP contribution is 2.38. The lowest BCUT2D eigenvalue weighted by molar-refractivity contribution is 0.0532. The Labute approximate surface area is 147 Å². The minimum atomic E-state index is -2.60. The van der Waals surface area contributed by atoms with Crippen LogP contribution in [0.15, 0.2) is 17.1 Å². The van der Waals surface area contributed by atoms with Crippen LogP contribution in [0, 0.1) is 12.8 Å². The predicted molar refractivity (Wildman–Crippen MR) is 101 cm³/mol. The SMILES string of the molecule is CCN(C)C=Nc1cc(C(F)F)c(OC(C)(C)C(C)C[SiH3])cc1C. The lowest BCUT2D eigenvalue weighted by Crippen LogP contribution is -2.36. The fourth-order valence-corrected chi connectivity index (χ4v) is 3.19. The number of alkyl halides is 2. The molecule has 1 rings (SSSR count). The molecule has 0 heterocycles. The second-order valence-electron chi connectivity index (χ2n) is 6.81. The molecule has 0 N–H and O–H groups in total. The first-order chi connectivity index (χ1) is 11.1. The van der Waals surface area contributed by atoms with Crippen molar-refractivity contribution in [2.24, 2.45) is 10.9 Å². The highest BCUT2D eigenvalue weighted by Gasteiger charge is 2.29. The molecule has 0 aliphatic heterocycles. The molecule has 0 saturated heterocycles. The summed E-state index contributed by atoms with van der Waals surface area (Å²) in [5.74, 6) is 0.572. The van der Waals surface area contributed by atoms with Gasteiger partial charge in [-0.1, -0.05) is 13.0 Å². The number of benzene rings is 1. The molecule has 0 aromatic heterocycles. The maximum absolute atomic E-state index is 13.5. The van der Waals surface area contributed by atoms with E-state index in [2.05, 4.69) is 11.9 Å². The minimum absolute atomic E-state index is 0.0967. The summed E-state index contributed by atoms with van der Waals surface area (Å²) in [7, 11) is 2.95. The van der Waals surface area contributed by atoms with Gasteiger partial charge in [0.25, 0.3) is 6.43 Å². The fourth-order valence-electron chi connectivity index (χ4n) is 2.20. The number of aliphatic imine (C=N–C) groups is 1. The van der Waals surface area contributed by atoms with Crippen molar-refractivity contribution in [1.29, 1.82) is 0 Å². The Bertz CT molecular complexity index is 576. The zero-order valence-electron chi connectivity index (χ0n) is 15.9. The standard InChI is InChI=1S/C18H30F2N2OSi/c1-7-22(6)11-21-15-9-14(17(19)20)16(8-12(15)2)23-18(4,5)13(3)10-24/h8-9,11,13,17H,7,10H2,1-6,24H3. The zero-order chi connectivity index (χ0) is 18.5. The van der Waals surface area contributed by atoms with Gasteiger partial charge in [0.05, 0.1) is 17.6 Å². The van der Waals surface area contributed by atoms with E-state index < -0.39 is 12.0 Å². The molecule has 24 heavy (non-hydrogen) atoms. The van der Waals surface area contributed by atoms with Crippen molar-refractivity contribution < 1.29 is 13.5 Å². The summed E-state index contributed by atoms with van der Waals surface area (Å²) < 4.78 is 33.1. The van der Waals surface area contributed by atoms with Crippen LogP contribution in [0.2, 0.25) is 6.04 Å². The summed E-state index contributed by atoms with van der Waals surface area (Å²) in [6.07, 6.45) is -0.938. The number of halogens is 2. The number of aryl methyl sites for hydroxylation is 1. The molecular weight excluding hydrogens is 326 g/mol. The molecule has 136 valence electrons. The maximum Gasteiger partial charge on any atom is 0.267 e. The second kappa shape index (κ2) is 8.60. The van der Waals surface area contributed by atoms with Crippen LogP contribution in [0.4, 0.5) is 14.5 Å². The Balaban J connectivity index is 3.23. The van der Waals surface area contributed by atoms with Crippen molar-refractivity contribution in [2.75, 3.05) is 13.6 Å². The van der Waals surface area contributed by atoms with Gasteiger partial charge in [0, 0.05) is 23.8 Å². The van der Waals surface area contributed by atoms with E-state index in [9.17, 15) is 8.78 Å². The molecule has 1 aromatic carbocycles. The van der Waals surface area contributed by atoms with Crippen LogP contribution in [0.3, 0.4) is 0 Å². The van der Waals surface area contributed by atoms with E-state index >= 15 is 0 Å². The van der Waals surface area contributed by atoms with Crippen molar-refractivity contribution in [3.63, 3.8) is 0 Å². The molecule has 0 fully saturated rings. The van der Waals surface area contributed by atoms with Crippen LogP contribution in [0.25, 0.3) is 0 Å². The van der Waals surface area contributed by atoms with E-state index in [0.717, 1.165) is 28.4 Å². The molecule has 0 aliphatic rings. The first-order valence-corrected chi connectivity index (χ1v) is 9.89. The summed E-state index contributed by atoms with van der Waals surface area (Å²) in [5, 5.41) is 0. The van der Waals surface area contributed by atoms with Gasteiger partial charge in [-0.25, -0.2) is 13.8 Å². The molecule has 0 radical (unpaired) electrons. The Morgan fingerprint density at radius 3 is 2.50 bits per heavy atom.